The number of furan rings is 2. The van der Waals surface area contributed by atoms with Gasteiger partial charge in [-0.15, -0.1) is 58.3 Å². The summed E-state index contributed by atoms with van der Waals surface area (Å²) in [5, 5.41) is 4.32. The Kier molecular flexibility index (Phi) is 9.26. The first-order chi connectivity index (χ1) is 18.2. The van der Waals surface area contributed by atoms with Gasteiger partial charge in [0.1, 0.15) is 11.2 Å². The average molecular weight is 948 g/mol. The fourth-order valence-corrected chi connectivity index (χ4v) is 5.38. The first-order valence-corrected chi connectivity index (χ1v) is 22.4. The minimum atomic E-state index is -0.472. The molecule has 0 radical (unpaired) electrons. The number of pyridine rings is 2. The van der Waals surface area contributed by atoms with Crippen molar-refractivity contribution in [2.45, 2.75) is 0 Å². The normalized spacial score (nSPS) is 11.1. The van der Waals surface area contributed by atoms with Crippen molar-refractivity contribution in [3.63, 3.8) is 0 Å². The number of fused-ring (bicyclic) bond motifs is 5. The van der Waals surface area contributed by atoms with Crippen LogP contribution in [0, 0.1) is 12.1 Å². The number of halogens is 4. The Morgan fingerprint density at radius 2 is 1.11 bits per heavy atom. The molecule has 0 amide bonds. The van der Waals surface area contributed by atoms with Gasteiger partial charge in [0.2, 0.25) is 0 Å². The van der Waals surface area contributed by atoms with Gasteiger partial charge < -0.3 is 18.8 Å². The van der Waals surface area contributed by atoms with Crippen molar-refractivity contribution in [3.05, 3.63) is 85.6 Å². The fraction of sp³-hybridized carbons (Fsp3) is 0. The zero-order valence-corrected chi connectivity index (χ0v) is 26.6. The Balaban J connectivity index is 0.000000429. The van der Waals surface area contributed by atoms with Crippen LogP contribution in [0.3, 0.4) is 0 Å². The molecule has 0 bridgehead atoms. The van der Waals surface area contributed by atoms with Crippen LogP contribution < -0.4 is 0 Å². The van der Waals surface area contributed by atoms with Crippen LogP contribution in [-0.2, 0) is 33.0 Å². The first kappa shape index (κ1) is 27.2. The van der Waals surface area contributed by atoms with Gasteiger partial charge in [-0.05, 0) is 35.7 Å². The van der Waals surface area contributed by atoms with Crippen molar-refractivity contribution < 1.29 is 41.8 Å². The second-order valence-corrected chi connectivity index (χ2v) is 15.0. The minimum Gasteiger partial charge on any atom is -0.465 e. The van der Waals surface area contributed by atoms with E-state index in [9.17, 15) is 0 Å². The number of rotatable bonds is 2. The van der Waals surface area contributed by atoms with Crippen molar-refractivity contribution in [3.8, 4) is 22.5 Å². The maximum absolute atomic E-state index is 5.58. The maximum atomic E-state index is 5.58. The molecular formula is C26H12Cl4N2O2Pt2S-2. The summed E-state index contributed by atoms with van der Waals surface area (Å²) in [6.45, 7) is 0. The molecule has 0 saturated heterocycles. The van der Waals surface area contributed by atoms with E-state index in [1.165, 1.54) is 10.8 Å². The van der Waals surface area contributed by atoms with Crippen LogP contribution in [0.25, 0.3) is 64.6 Å². The van der Waals surface area contributed by atoms with Crippen LogP contribution in [0.15, 0.2) is 82.3 Å². The van der Waals surface area contributed by atoms with Gasteiger partial charge in [0.05, 0.1) is 12.5 Å². The number of aromatic nitrogens is 2. The van der Waals surface area contributed by atoms with Crippen molar-refractivity contribution >= 4 is 91.1 Å². The van der Waals surface area contributed by atoms with E-state index in [1.807, 2.05) is 48.8 Å². The van der Waals surface area contributed by atoms with E-state index in [4.69, 9.17) is 46.5 Å². The first-order valence-electron chi connectivity index (χ1n) is 10.3. The van der Waals surface area contributed by atoms with Gasteiger partial charge in [0.15, 0.2) is 0 Å². The van der Waals surface area contributed by atoms with Crippen LogP contribution in [0.2, 0.25) is 0 Å². The molecule has 0 unspecified atom stereocenters. The molecule has 0 N–H and O–H groups in total. The maximum Gasteiger partial charge on any atom is 0.128 e. The van der Waals surface area contributed by atoms with Gasteiger partial charge in [-0.25, -0.2) is 11.3 Å². The van der Waals surface area contributed by atoms with Gasteiger partial charge in [-0.3, -0.25) is 0 Å². The van der Waals surface area contributed by atoms with Crippen LogP contribution in [0.4, 0.5) is 0 Å². The van der Waals surface area contributed by atoms with E-state index in [2.05, 4.69) is 34.2 Å². The van der Waals surface area contributed by atoms with E-state index in [0.29, 0.717) is 0 Å². The zero-order chi connectivity index (χ0) is 25.8. The zero-order valence-electron chi connectivity index (χ0n) is 18.2. The van der Waals surface area contributed by atoms with E-state index in [0.717, 1.165) is 53.9 Å². The molecule has 5 heterocycles. The summed E-state index contributed by atoms with van der Waals surface area (Å²) in [6, 6.07) is 22.7. The molecule has 0 aliphatic carbocycles. The molecule has 0 spiro atoms. The molecule has 7 aromatic rings. The molecule has 0 atom stereocenters. The molecule has 0 fully saturated rings. The van der Waals surface area contributed by atoms with E-state index in [-0.39, 0.29) is 0 Å². The van der Waals surface area contributed by atoms with Crippen LogP contribution in [0.1, 0.15) is 0 Å². The number of hydrogen-bond acceptors (Lipinski definition) is 5. The van der Waals surface area contributed by atoms with Gasteiger partial charge in [-0.1, -0.05) is 9.40 Å². The molecule has 11 heteroatoms. The van der Waals surface area contributed by atoms with Gasteiger partial charge >= 0.3 is 70.6 Å². The van der Waals surface area contributed by atoms with Gasteiger partial charge in [0, 0.05) is 23.2 Å². The molecule has 4 nitrogen and oxygen atoms in total. The van der Waals surface area contributed by atoms with Crippen molar-refractivity contribution in [2.75, 3.05) is 0 Å². The minimum absolute atomic E-state index is 0.472. The van der Waals surface area contributed by atoms with E-state index < -0.39 is 33.0 Å². The Labute approximate surface area is 248 Å². The fourth-order valence-electron chi connectivity index (χ4n) is 4.07. The Hall–Kier alpha value is -1.42. The predicted octanol–water partition coefficient (Wildman–Crippen LogP) is 10.0. The van der Waals surface area contributed by atoms with Crippen molar-refractivity contribution in [2.24, 2.45) is 0 Å². The molecule has 0 aliphatic rings. The summed E-state index contributed by atoms with van der Waals surface area (Å²) in [7, 11) is 19.5. The third-order valence-corrected chi connectivity index (χ3v) is 6.84. The second-order valence-electron chi connectivity index (χ2n) is 7.44. The molecule has 37 heavy (non-hydrogen) atoms. The summed E-state index contributed by atoms with van der Waals surface area (Å²) >= 11 is 0.771. The molecule has 0 aliphatic heterocycles. The second kappa shape index (κ2) is 12.6. The molecule has 5 aromatic heterocycles. The van der Waals surface area contributed by atoms with Crippen molar-refractivity contribution in [1.82, 2.24) is 9.97 Å². The SMILES string of the molecule is [Cl][Pt][Cl].[Cl][Pt][Cl].[c-]1ccc2c(sc3c(-c4cc5occc5cn4)[c-]ccc32)c1-c1cc2occc2cn1. The molecule has 0 saturated carbocycles. The monoisotopic (exact) mass is 946 g/mol. The Morgan fingerprint density at radius 1 is 0.676 bits per heavy atom. The summed E-state index contributed by atoms with van der Waals surface area (Å²) in [5.74, 6) is 0. The number of thiophene rings is 1. The largest absolute Gasteiger partial charge is 0.465 e. The summed E-state index contributed by atoms with van der Waals surface area (Å²) in [6.07, 6.45) is 7.06. The quantitative estimate of drug-likeness (QED) is 0.162. The topological polar surface area (TPSA) is 52.1 Å². The third kappa shape index (κ3) is 5.65. The Morgan fingerprint density at radius 3 is 1.54 bits per heavy atom. The van der Waals surface area contributed by atoms with Gasteiger partial charge in [-0.2, -0.15) is 0 Å². The standard InChI is InChI=1S/C26H12N2O2S.4ClH.2Pt/c1-3-17-18-4-2-6-20(22-12-24-16(14-28-22)8-10-30-24)26(18)31-25(17)19(5-1)21-11-23-15(13-27-21)7-9-29-23;;;;;;/h1-4,7-14H;4*1H;;/q-2;;;;;2*+2/p-4. The van der Waals surface area contributed by atoms with Crippen LogP contribution in [-0.4, -0.2) is 9.97 Å². The van der Waals surface area contributed by atoms with E-state index >= 15 is 0 Å². The predicted molar refractivity (Wildman–Crippen MR) is 146 cm³/mol. The summed E-state index contributed by atoms with van der Waals surface area (Å²) in [5.41, 5.74) is 5.28. The number of hydrogen-bond donors (Lipinski definition) is 0. The molecule has 194 valence electrons. The third-order valence-electron chi connectivity index (χ3n) is 5.58. The summed E-state index contributed by atoms with van der Waals surface area (Å²) < 4.78 is 13.4. The van der Waals surface area contributed by atoms with Crippen molar-refractivity contribution in [1.29, 1.82) is 0 Å². The van der Waals surface area contributed by atoms with Crippen LogP contribution in [0.5, 0.6) is 0 Å². The molecular weight excluding hydrogens is 936 g/mol. The summed E-state index contributed by atoms with van der Waals surface area (Å²) in [4.78, 5) is 9.32. The number of benzene rings is 2. The molecule has 7 rings (SSSR count). The number of nitrogens with zero attached hydrogens (tertiary/aromatic N) is 2. The molecule has 2 aromatic carbocycles. The van der Waals surface area contributed by atoms with E-state index in [1.54, 1.807) is 23.9 Å². The van der Waals surface area contributed by atoms with Gasteiger partial charge in [0.25, 0.3) is 0 Å². The smallest absolute Gasteiger partial charge is 0.128 e. The average Bonchev–Trinajstić information content (AvgIpc) is 3.66. The Bertz CT molecular complexity index is 1690. The van der Waals surface area contributed by atoms with Crippen LogP contribution >= 0.6 is 49.0 Å².